The quantitative estimate of drug-likeness (QED) is 0.675. The van der Waals surface area contributed by atoms with E-state index in [1.165, 1.54) is 31.4 Å². The van der Waals surface area contributed by atoms with Gasteiger partial charge in [0.1, 0.15) is 25.0 Å². The van der Waals surface area contributed by atoms with Crippen molar-refractivity contribution in [2.75, 3.05) is 13.7 Å². The maximum absolute atomic E-state index is 13.0. The van der Waals surface area contributed by atoms with Crippen LogP contribution in [0, 0.1) is 5.82 Å². The number of alkyl carbamates (subject to hydrolysis) is 1. The number of rotatable bonds is 8. The van der Waals surface area contributed by atoms with Crippen LogP contribution < -0.4 is 10.6 Å². The highest BCUT2D eigenvalue weighted by Crippen LogP contribution is 2.07. The van der Waals surface area contributed by atoms with Gasteiger partial charge in [-0.2, -0.15) is 0 Å². The molecule has 0 aliphatic carbocycles. The summed E-state index contributed by atoms with van der Waals surface area (Å²) in [6.45, 7) is -0.297. The van der Waals surface area contributed by atoms with Crippen molar-refractivity contribution in [3.8, 4) is 0 Å². The lowest BCUT2D eigenvalue weighted by molar-refractivity contribution is -0.144. The fraction of sp³-hybridized carbons (Fsp3) is 0.250. The van der Waals surface area contributed by atoms with Crippen LogP contribution in [0.3, 0.4) is 0 Å². The van der Waals surface area contributed by atoms with E-state index in [1.807, 2.05) is 18.2 Å². The van der Waals surface area contributed by atoms with E-state index in [2.05, 4.69) is 15.4 Å². The van der Waals surface area contributed by atoms with Gasteiger partial charge in [0, 0.05) is 6.42 Å². The number of methoxy groups -OCH3 is 1. The summed E-state index contributed by atoms with van der Waals surface area (Å²) in [5.74, 6) is -1.64. The molecular weight excluding hydrogens is 367 g/mol. The number of nitrogens with one attached hydrogen (secondary N) is 2. The number of halogens is 1. The number of amides is 2. The molecule has 2 aromatic carbocycles. The number of hydrogen-bond acceptors (Lipinski definition) is 5. The molecule has 0 radical (unpaired) electrons. The van der Waals surface area contributed by atoms with Crippen LogP contribution in [0.15, 0.2) is 54.6 Å². The van der Waals surface area contributed by atoms with E-state index in [0.29, 0.717) is 5.56 Å². The SMILES string of the molecule is COC(=O)[C@@H](Cc1ccc(F)cc1)NC(=O)CNC(=O)OCc1ccccc1. The fourth-order valence-corrected chi connectivity index (χ4v) is 2.36. The van der Waals surface area contributed by atoms with Gasteiger partial charge >= 0.3 is 12.1 Å². The molecule has 0 unspecified atom stereocenters. The zero-order valence-corrected chi connectivity index (χ0v) is 15.3. The first-order valence-corrected chi connectivity index (χ1v) is 8.54. The smallest absolute Gasteiger partial charge is 0.407 e. The first-order valence-electron chi connectivity index (χ1n) is 8.54. The summed E-state index contributed by atoms with van der Waals surface area (Å²) in [4.78, 5) is 35.6. The van der Waals surface area contributed by atoms with Gasteiger partial charge in [-0.05, 0) is 23.3 Å². The summed E-state index contributed by atoms with van der Waals surface area (Å²) in [6.07, 6.45) is -0.635. The molecule has 2 N–H and O–H groups in total. The molecule has 0 heterocycles. The van der Waals surface area contributed by atoms with Crippen molar-refractivity contribution in [2.24, 2.45) is 0 Å². The second-order valence-electron chi connectivity index (χ2n) is 5.89. The van der Waals surface area contributed by atoms with Crippen LogP contribution in [0.25, 0.3) is 0 Å². The molecule has 28 heavy (non-hydrogen) atoms. The van der Waals surface area contributed by atoms with Gasteiger partial charge in [-0.1, -0.05) is 42.5 Å². The van der Waals surface area contributed by atoms with Crippen LogP contribution in [0.4, 0.5) is 9.18 Å². The zero-order chi connectivity index (χ0) is 20.4. The predicted octanol–water partition coefficient (Wildman–Crippen LogP) is 1.95. The molecule has 8 heteroatoms. The van der Waals surface area contributed by atoms with Crippen molar-refractivity contribution >= 4 is 18.0 Å². The highest BCUT2D eigenvalue weighted by Gasteiger charge is 2.22. The Morgan fingerprint density at radius 1 is 1.00 bits per heavy atom. The molecule has 0 aromatic heterocycles. The minimum atomic E-state index is -0.967. The third-order valence-corrected chi connectivity index (χ3v) is 3.78. The molecular formula is C20H21FN2O5. The molecule has 0 bridgehead atoms. The van der Waals surface area contributed by atoms with Crippen LogP contribution in [0.5, 0.6) is 0 Å². The van der Waals surface area contributed by atoms with Gasteiger partial charge in [-0.25, -0.2) is 14.0 Å². The van der Waals surface area contributed by atoms with E-state index in [-0.39, 0.29) is 19.6 Å². The Labute approximate surface area is 161 Å². The average Bonchev–Trinajstić information content (AvgIpc) is 2.72. The van der Waals surface area contributed by atoms with Gasteiger partial charge in [-0.15, -0.1) is 0 Å². The van der Waals surface area contributed by atoms with Crippen molar-refractivity contribution in [3.05, 3.63) is 71.5 Å². The number of carbonyl (C=O) groups excluding carboxylic acids is 3. The molecule has 148 valence electrons. The van der Waals surface area contributed by atoms with Gasteiger partial charge < -0.3 is 20.1 Å². The Morgan fingerprint density at radius 3 is 2.32 bits per heavy atom. The lowest BCUT2D eigenvalue weighted by Gasteiger charge is -2.17. The molecule has 0 aliphatic rings. The summed E-state index contributed by atoms with van der Waals surface area (Å²) in [7, 11) is 1.20. The summed E-state index contributed by atoms with van der Waals surface area (Å²) >= 11 is 0. The zero-order valence-electron chi connectivity index (χ0n) is 15.3. The minimum absolute atomic E-state index is 0.0731. The van der Waals surface area contributed by atoms with E-state index in [9.17, 15) is 18.8 Å². The fourth-order valence-electron chi connectivity index (χ4n) is 2.36. The molecule has 0 fully saturated rings. The number of ether oxygens (including phenoxy) is 2. The van der Waals surface area contributed by atoms with Gasteiger partial charge in [0.2, 0.25) is 5.91 Å². The maximum atomic E-state index is 13.0. The summed E-state index contributed by atoms with van der Waals surface area (Å²) in [6, 6.07) is 13.7. The van der Waals surface area contributed by atoms with Crippen LogP contribution in [-0.4, -0.2) is 37.7 Å². The standard InChI is InChI=1S/C20H21FN2O5/c1-27-19(25)17(11-14-7-9-16(21)10-8-14)23-18(24)12-22-20(26)28-13-15-5-3-2-4-6-15/h2-10,17H,11-13H2,1H3,(H,22,26)(H,23,24)/t17-/m1/s1. The monoisotopic (exact) mass is 388 g/mol. The normalized spacial score (nSPS) is 11.2. The third-order valence-electron chi connectivity index (χ3n) is 3.78. The average molecular weight is 388 g/mol. The molecule has 0 saturated carbocycles. The van der Waals surface area contributed by atoms with Gasteiger partial charge in [0.25, 0.3) is 0 Å². The second kappa shape index (κ2) is 10.7. The Bertz CT molecular complexity index is 796. The molecule has 0 spiro atoms. The summed E-state index contributed by atoms with van der Waals surface area (Å²) < 4.78 is 22.7. The van der Waals surface area contributed by atoms with Crippen molar-refractivity contribution < 1.29 is 28.2 Å². The lowest BCUT2D eigenvalue weighted by atomic mass is 10.1. The van der Waals surface area contributed by atoms with Gasteiger partial charge in [0.05, 0.1) is 7.11 Å². The number of hydrogen-bond donors (Lipinski definition) is 2. The molecule has 2 rings (SSSR count). The summed E-state index contributed by atoms with van der Waals surface area (Å²) in [5, 5.41) is 4.79. The van der Waals surface area contributed by atoms with Gasteiger partial charge in [0.15, 0.2) is 0 Å². The highest BCUT2D eigenvalue weighted by molar-refractivity contribution is 5.87. The van der Waals surface area contributed by atoms with Crippen molar-refractivity contribution in [3.63, 3.8) is 0 Å². The van der Waals surface area contributed by atoms with E-state index >= 15 is 0 Å². The molecule has 0 saturated heterocycles. The second-order valence-corrected chi connectivity index (χ2v) is 5.89. The van der Waals surface area contributed by atoms with Crippen molar-refractivity contribution in [1.29, 1.82) is 0 Å². The van der Waals surface area contributed by atoms with Gasteiger partial charge in [-0.3, -0.25) is 4.79 Å². The molecule has 0 aliphatic heterocycles. The Hall–Kier alpha value is -3.42. The molecule has 7 nitrogen and oxygen atoms in total. The van der Waals surface area contributed by atoms with E-state index in [4.69, 9.17) is 4.74 Å². The topological polar surface area (TPSA) is 93.7 Å². The highest BCUT2D eigenvalue weighted by atomic mass is 19.1. The van der Waals surface area contributed by atoms with Crippen LogP contribution in [0.1, 0.15) is 11.1 Å². The minimum Gasteiger partial charge on any atom is -0.467 e. The Morgan fingerprint density at radius 2 is 1.68 bits per heavy atom. The van der Waals surface area contributed by atoms with E-state index in [1.54, 1.807) is 12.1 Å². The largest absolute Gasteiger partial charge is 0.467 e. The van der Waals surface area contributed by atoms with Crippen LogP contribution in [-0.2, 0) is 32.1 Å². The van der Waals surface area contributed by atoms with Crippen molar-refractivity contribution in [1.82, 2.24) is 10.6 Å². The van der Waals surface area contributed by atoms with Crippen LogP contribution in [0.2, 0.25) is 0 Å². The number of benzene rings is 2. The molecule has 1 atom stereocenters. The van der Waals surface area contributed by atoms with Crippen molar-refractivity contribution in [2.45, 2.75) is 19.1 Å². The number of carbonyl (C=O) groups is 3. The van der Waals surface area contributed by atoms with E-state index < -0.39 is 29.8 Å². The first kappa shape index (κ1) is 20.9. The van der Waals surface area contributed by atoms with E-state index in [0.717, 1.165) is 5.56 Å². The number of esters is 1. The Kier molecular flexibility index (Phi) is 7.95. The van der Waals surface area contributed by atoms with Crippen LogP contribution >= 0.6 is 0 Å². The third kappa shape index (κ3) is 7.06. The lowest BCUT2D eigenvalue weighted by Crippen LogP contribution is -2.47. The Balaban J connectivity index is 1.81. The first-order chi connectivity index (χ1) is 13.5. The summed E-state index contributed by atoms with van der Waals surface area (Å²) in [5.41, 5.74) is 1.46. The molecule has 2 amide bonds. The molecule has 2 aromatic rings. The maximum Gasteiger partial charge on any atom is 0.407 e. The predicted molar refractivity (Wildman–Crippen MR) is 98.7 cm³/mol.